The zero-order valence-corrected chi connectivity index (χ0v) is 14.2. The molecule has 0 radical (unpaired) electrons. The van der Waals surface area contributed by atoms with E-state index >= 15 is 0 Å². The zero-order chi connectivity index (χ0) is 18.3. The van der Waals surface area contributed by atoms with Gasteiger partial charge in [-0.05, 0) is 42.5 Å². The number of hydrogen-bond donors (Lipinski definition) is 3. The third-order valence-electron chi connectivity index (χ3n) is 3.79. The summed E-state index contributed by atoms with van der Waals surface area (Å²) in [6.45, 7) is 3.91. The highest BCUT2D eigenvalue weighted by Crippen LogP contribution is 2.25. The number of carboxylic acids is 1. The molecule has 24 heavy (non-hydrogen) atoms. The number of esters is 2. The lowest BCUT2D eigenvalue weighted by Crippen LogP contribution is -2.34. The molecule has 1 aromatic rings. The lowest BCUT2D eigenvalue weighted by atomic mass is 9.95. The maximum atomic E-state index is 12.3. The van der Waals surface area contributed by atoms with Crippen LogP contribution < -0.4 is 11.1 Å². The van der Waals surface area contributed by atoms with Crippen LogP contribution in [-0.2, 0) is 27.2 Å². The van der Waals surface area contributed by atoms with Gasteiger partial charge in [0, 0.05) is 19.2 Å². The van der Waals surface area contributed by atoms with Crippen LogP contribution in [0.15, 0.2) is 12.1 Å². The Morgan fingerprint density at radius 1 is 1.21 bits per heavy atom. The number of benzene rings is 1. The molecule has 0 bridgehead atoms. The summed E-state index contributed by atoms with van der Waals surface area (Å²) in [5.74, 6) is -2.74. The van der Waals surface area contributed by atoms with Crippen LogP contribution in [0.25, 0.3) is 0 Å². The van der Waals surface area contributed by atoms with Crippen LogP contribution in [0.2, 0.25) is 0 Å². The quantitative estimate of drug-likeness (QED) is 0.488. The summed E-state index contributed by atoms with van der Waals surface area (Å²) < 4.78 is 4.83. The molecule has 1 atom stereocenters. The molecule has 0 unspecified atom stereocenters. The number of carbonyl (C=O) groups is 3. The lowest BCUT2D eigenvalue weighted by Gasteiger charge is -2.16. The fraction of sp³-hybridized carbons (Fsp3) is 0.471. The molecule has 7 nitrogen and oxygen atoms in total. The molecular formula is C17H24N2O5. The summed E-state index contributed by atoms with van der Waals surface area (Å²) in [4.78, 5) is 34.7. The minimum absolute atomic E-state index is 0.0824. The monoisotopic (exact) mass is 336 g/mol. The van der Waals surface area contributed by atoms with E-state index < -0.39 is 23.9 Å². The fourth-order valence-corrected chi connectivity index (χ4v) is 2.54. The van der Waals surface area contributed by atoms with Crippen LogP contribution in [0.3, 0.4) is 0 Å². The van der Waals surface area contributed by atoms with Crippen molar-refractivity contribution in [1.29, 1.82) is 0 Å². The van der Waals surface area contributed by atoms with Crippen LogP contribution in [0.1, 0.15) is 48.2 Å². The Hall–Kier alpha value is -2.41. The SMILES string of the molecule is CCc1c(NC)ccc(C(=O)OC(=O)[C@@H](N)CCC(=O)O)c1CC. The van der Waals surface area contributed by atoms with Crippen molar-refractivity contribution in [3.8, 4) is 0 Å². The van der Waals surface area contributed by atoms with E-state index in [2.05, 4.69) is 5.32 Å². The van der Waals surface area contributed by atoms with Gasteiger partial charge in [0.1, 0.15) is 6.04 Å². The van der Waals surface area contributed by atoms with Crippen LogP contribution in [0.5, 0.6) is 0 Å². The molecule has 4 N–H and O–H groups in total. The number of rotatable bonds is 8. The molecule has 0 amide bonds. The van der Waals surface area contributed by atoms with E-state index in [4.69, 9.17) is 15.6 Å². The van der Waals surface area contributed by atoms with E-state index in [9.17, 15) is 14.4 Å². The lowest BCUT2D eigenvalue weighted by molar-refractivity contribution is -0.140. The van der Waals surface area contributed by atoms with Crippen molar-refractivity contribution in [3.05, 3.63) is 28.8 Å². The first kappa shape index (κ1) is 19.6. The summed E-state index contributed by atoms with van der Waals surface area (Å²) in [6.07, 6.45) is 0.997. The summed E-state index contributed by atoms with van der Waals surface area (Å²) in [5.41, 5.74) is 8.63. The van der Waals surface area contributed by atoms with Gasteiger partial charge in [0.25, 0.3) is 0 Å². The molecule has 0 saturated carbocycles. The molecule has 0 spiro atoms. The fourth-order valence-electron chi connectivity index (χ4n) is 2.54. The molecule has 1 aromatic carbocycles. The summed E-state index contributed by atoms with van der Waals surface area (Å²) in [6, 6.07) is 2.24. The highest BCUT2D eigenvalue weighted by atomic mass is 16.6. The van der Waals surface area contributed by atoms with Gasteiger partial charge in [0.05, 0.1) is 5.56 Å². The van der Waals surface area contributed by atoms with Crippen molar-refractivity contribution in [2.45, 2.75) is 45.6 Å². The summed E-state index contributed by atoms with van der Waals surface area (Å²) in [5, 5.41) is 11.7. The third-order valence-corrected chi connectivity index (χ3v) is 3.79. The van der Waals surface area contributed by atoms with Crippen molar-refractivity contribution in [3.63, 3.8) is 0 Å². The summed E-state index contributed by atoms with van der Waals surface area (Å²) >= 11 is 0. The highest BCUT2D eigenvalue weighted by Gasteiger charge is 2.23. The maximum absolute atomic E-state index is 12.3. The Bertz CT molecular complexity index is 628. The van der Waals surface area contributed by atoms with E-state index in [-0.39, 0.29) is 12.8 Å². The smallest absolute Gasteiger partial charge is 0.346 e. The van der Waals surface area contributed by atoms with Crippen molar-refractivity contribution in [2.75, 3.05) is 12.4 Å². The molecule has 0 aliphatic rings. The molecule has 0 aliphatic carbocycles. The molecule has 0 aromatic heterocycles. The number of aliphatic carboxylic acids is 1. The normalized spacial score (nSPS) is 11.7. The number of hydrogen-bond acceptors (Lipinski definition) is 6. The average molecular weight is 336 g/mol. The van der Waals surface area contributed by atoms with Gasteiger partial charge in [0.2, 0.25) is 0 Å². The Morgan fingerprint density at radius 3 is 2.33 bits per heavy atom. The Morgan fingerprint density at radius 2 is 1.83 bits per heavy atom. The van der Waals surface area contributed by atoms with Crippen molar-refractivity contribution in [2.24, 2.45) is 5.73 Å². The van der Waals surface area contributed by atoms with Gasteiger partial charge in [-0.15, -0.1) is 0 Å². The Labute approximate surface area is 141 Å². The van der Waals surface area contributed by atoms with Gasteiger partial charge in [-0.1, -0.05) is 13.8 Å². The van der Waals surface area contributed by atoms with Crippen LogP contribution in [-0.4, -0.2) is 36.1 Å². The molecular weight excluding hydrogens is 312 g/mol. The van der Waals surface area contributed by atoms with Crippen LogP contribution in [0, 0.1) is 0 Å². The van der Waals surface area contributed by atoms with E-state index in [1.807, 2.05) is 13.8 Å². The predicted molar refractivity (Wildman–Crippen MR) is 90.0 cm³/mol. The van der Waals surface area contributed by atoms with Crippen molar-refractivity contribution < 1.29 is 24.2 Å². The minimum Gasteiger partial charge on any atom is -0.481 e. The van der Waals surface area contributed by atoms with Gasteiger partial charge in [-0.2, -0.15) is 0 Å². The van der Waals surface area contributed by atoms with E-state index in [0.717, 1.165) is 23.2 Å². The van der Waals surface area contributed by atoms with Crippen molar-refractivity contribution >= 4 is 23.6 Å². The number of carbonyl (C=O) groups excluding carboxylic acids is 2. The minimum atomic E-state index is -1.14. The number of nitrogens with one attached hydrogen (secondary N) is 1. The molecule has 0 fully saturated rings. The standard InChI is InChI=1S/C17H24N2O5/c1-4-10-11(5-2)14(19-3)8-6-12(10)16(22)24-17(23)13(18)7-9-15(20)21/h6,8,13,19H,4-5,7,9,18H2,1-3H3,(H,20,21)/t13-/m0/s1. The summed E-state index contributed by atoms with van der Waals surface area (Å²) in [7, 11) is 1.80. The Kier molecular flexibility index (Phi) is 7.38. The average Bonchev–Trinajstić information content (AvgIpc) is 2.57. The van der Waals surface area contributed by atoms with Crippen LogP contribution >= 0.6 is 0 Å². The van der Waals surface area contributed by atoms with E-state index in [0.29, 0.717) is 12.0 Å². The second-order valence-electron chi connectivity index (χ2n) is 5.32. The first-order valence-electron chi connectivity index (χ1n) is 7.91. The number of carboxylic acid groups (broad SMARTS) is 1. The van der Waals surface area contributed by atoms with Crippen molar-refractivity contribution in [1.82, 2.24) is 0 Å². The van der Waals surface area contributed by atoms with Gasteiger partial charge < -0.3 is 20.9 Å². The van der Waals surface area contributed by atoms with Gasteiger partial charge in [0.15, 0.2) is 0 Å². The van der Waals surface area contributed by atoms with E-state index in [1.54, 1.807) is 19.2 Å². The number of anilines is 1. The second kappa shape index (κ2) is 9.02. The molecule has 0 saturated heterocycles. The molecule has 1 rings (SSSR count). The second-order valence-corrected chi connectivity index (χ2v) is 5.32. The molecule has 7 heteroatoms. The first-order chi connectivity index (χ1) is 11.3. The third kappa shape index (κ3) is 4.79. The molecule has 132 valence electrons. The molecule has 0 aliphatic heterocycles. The zero-order valence-electron chi connectivity index (χ0n) is 14.2. The molecule has 0 heterocycles. The van der Waals surface area contributed by atoms with E-state index in [1.165, 1.54) is 0 Å². The van der Waals surface area contributed by atoms with Gasteiger partial charge in [-0.25, -0.2) is 9.59 Å². The number of nitrogens with two attached hydrogens (primary N) is 1. The number of ether oxygens (including phenoxy) is 1. The largest absolute Gasteiger partial charge is 0.481 e. The first-order valence-corrected chi connectivity index (χ1v) is 7.91. The van der Waals surface area contributed by atoms with Gasteiger partial charge in [-0.3, -0.25) is 4.79 Å². The van der Waals surface area contributed by atoms with Gasteiger partial charge >= 0.3 is 17.9 Å². The highest BCUT2D eigenvalue weighted by molar-refractivity contribution is 5.99. The topological polar surface area (TPSA) is 119 Å². The Balaban J connectivity index is 2.95. The maximum Gasteiger partial charge on any atom is 0.346 e. The predicted octanol–water partition coefficient (Wildman–Crippen LogP) is 1.73. The van der Waals surface area contributed by atoms with Crippen LogP contribution in [0.4, 0.5) is 5.69 Å².